The van der Waals surface area contributed by atoms with Gasteiger partial charge < -0.3 is 9.64 Å². The zero-order valence-electron chi connectivity index (χ0n) is 6.83. The summed E-state index contributed by atoms with van der Waals surface area (Å²) >= 11 is 3.22. The Morgan fingerprint density at radius 2 is 2.17 bits per heavy atom. The van der Waals surface area contributed by atoms with Crippen LogP contribution in [-0.4, -0.2) is 42.4 Å². The summed E-state index contributed by atoms with van der Waals surface area (Å²) in [5.41, 5.74) is 0. The zero-order valence-corrected chi connectivity index (χ0v) is 8.42. The van der Waals surface area contributed by atoms with Crippen molar-refractivity contribution in [3.8, 4) is 0 Å². The molecule has 0 unspecified atom stereocenters. The van der Waals surface area contributed by atoms with E-state index in [9.17, 15) is 4.79 Å². The number of rotatable bonds is 2. The standard InChI is InChI=1S/C8H12BrNO2/c9-3-1-2-8(11)10-4-6-12-7-5-10/h1-2H,3-7H2. The van der Waals surface area contributed by atoms with E-state index in [1.807, 2.05) is 0 Å². The monoisotopic (exact) mass is 233 g/mol. The molecule has 68 valence electrons. The average molecular weight is 234 g/mol. The molecular weight excluding hydrogens is 222 g/mol. The van der Waals surface area contributed by atoms with Crippen LogP contribution in [0.2, 0.25) is 0 Å². The average Bonchev–Trinajstić information content (AvgIpc) is 2.15. The Labute approximate surface area is 80.5 Å². The molecule has 0 aromatic carbocycles. The highest BCUT2D eigenvalue weighted by Gasteiger charge is 2.13. The van der Waals surface area contributed by atoms with Crippen LogP contribution in [0.15, 0.2) is 12.2 Å². The largest absolute Gasteiger partial charge is 0.378 e. The molecule has 1 fully saturated rings. The minimum atomic E-state index is 0.0813. The topological polar surface area (TPSA) is 29.5 Å². The maximum atomic E-state index is 11.3. The van der Waals surface area contributed by atoms with Gasteiger partial charge in [-0.15, -0.1) is 0 Å². The Hall–Kier alpha value is -0.350. The van der Waals surface area contributed by atoms with E-state index >= 15 is 0 Å². The van der Waals surface area contributed by atoms with Crippen LogP contribution >= 0.6 is 15.9 Å². The highest BCUT2D eigenvalue weighted by atomic mass is 79.9. The number of amides is 1. The van der Waals surface area contributed by atoms with Crippen molar-refractivity contribution in [3.63, 3.8) is 0 Å². The zero-order chi connectivity index (χ0) is 8.81. The summed E-state index contributed by atoms with van der Waals surface area (Å²) in [6.07, 6.45) is 3.40. The van der Waals surface area contributed by atoms with Crippen LogP contribution in [0.25, 0.3) is 0 Å². The van der Waals surface area contributed by atoms with Gasteiger partial charge in [0.05, 0.1) is 13.2 Å². The summed E-state index contributed by atoms with van der Waals surface area (Å²) in [7, 11) is 0. The molecule has 1 rings (SSSR count). The van der Waals surface area contributed by atoms with E-state index in [0.717, 1.165) is 5.33 Å². The first-order valence-electron chi connectivity index (χ1n) is 3.94. The van der Waals surface area contributed by atoms with Gasteiger partial charge in [-0.3, -0.25) is 4.79 Å². The van der Waals surface area contributed by atoms with Crippen LogP contribution < -0.4 is 0 Å². The smallest absolute Gasteiger partial charge is 0.246 e. The second kappa shape index (κ2) is 5.32. The Bertz CT molecular complexity index is 176. The SMILES string of the molecule is O=C(C=CCBr)N1CCOCC1. The minimum absolute atomic E-state index is 0.0813. The summed E-state index contributed by atoms with van der Waals surface area (Å²) in [4.78, 5) is 13.1. The second-order valence-electron chi connectivity index (χ2n) is 2.49. The summed E-state index contributed by atoms with van der Waals surface area (Å²) in [5, 5.41) is 0.725. The highest BCUT2D eigenvalue weighted by molar-refractivity contribution is 9.09. The number of allylic oxidation sites excluding steroid dienone is 1. The van der Waals surface area contributed by atoms with Crippen LogP contribution in [0.4, 0.5) is 0 Å². The van der Waals surface area contributed by atoms with E-state index in [1.165, 1.54) is 0 Å². The van der Waals surface area contributed by atoms with Gasteiger partial charge in [0.15, 0.2) is 0 Å². The molecule has 1 aliphatic heterocycles. The molecule has 4 heteroatoms. The Morgan fingerprint density at radius 3 is 2.75 bits per heavy atom. The lowest BCUT2D eigenvalue weighted by atomic mass is 10.4. The van der Waals surface area contributed by atoms with Gasteiger partial charge in [-0.2, -0.15) is 0 Å². The number of carbonyl (C=O) groups is 1. The molecule has 1 heterocycles. The number of carbonyl (C=O) groups excluding carboxylic acids is 1. The molecule has 0 N–H and O–H groups in total. The Balaban J connectivity index is 2.34. The van der Waals surface area contributed by atoms with Gasteiger partial charge in [0.2, 0.25) is 5.91 Å². The third-order valence-electron chi connectivity index (χ3n) is 1.67. The molecular formula is C8H12BrNO2. The molecule has 0 aliphatic carbocycles. The predicted molar refractivity (Wildman–Crippen MR) is 50.3 cm³/mol. The van der Waals surface area contributed by atoms with Crippen LogP contribution in [0.5, 0.6) is 0 Å². The van der Waals surface area contributed by atoms with E-state index in [4.69, 9.17) is 4.74 Å². The minimum Gasteiger partial charge on any atom is -0.378 e. The van der Waals surface area contributed by atoms with Crippen molar-refractivity contribution < 1.29 is 9.53 Å². The summed E-state index contributed by atoms with van der Waals surface area (Å²) in [6.45, 7) is 2.75. The third kappa shape index (κ3) is 2.95. The van der Waals surface area contributed by atoms with Crippen molar-refractivity contribution in [2.24, 2.45) is 0 Å². The molecule has 1 amide bonds. The van der Waals surface area contributed by atoms with E-state index in [1.54, 1.807) is 17.1 Å². The number of nitrogens with zero attached hydrogens (tertiary/aromatic N) is 1. The highest BCUT2D eigenvalue weighted by Crippen LogP contribution is 1.98. The van der Waals surface area contributed by atoms with Gasteiger partial charge in [-0.25, -0.2) is 0 Å². The molecule has 0 bridgehead atoms. The molecule has 12 heavy (non-hydrogen) atoms. The first kappa shape index (κ1) is 9.74. The summed E-state index contributed by atoms with van der Waals surface area (Å²) in [5.74, 6) is 0.0813. The summed E-state index contributed by atoms with van der Waals surface area (Å²) in [6, 6.07) is 0. The van der Waals surface area contributed by atoms with Gasteiger partial charge in [0.25, 0.3) is 0 Å². The van der Waals surface area contributed by atoms with Crippen LogP contribution in [0.1, 0.15) is 0 Å². The molecule has 0 aromatic rings. The van der Waals surface area contributed by atoms with Gasteiger partial charge >= 0.3 is 0 Å². The number of halogens is 1. The lowest BCUT2D eigenvalue weighted by molar-refractivity contribution is -0.129. The van der Waals surface area contributed by atoms with E-state index < -0.39 is 0 Å². The molecule has 3 nitrogen and oxygen atoms in total. The molecule has 0 radical (unpaired) electrons. The van der Waals surface area contributed by atoms with Gasteiger partial charge in [-0.05, 0) is 6.08 Å². The van der Waals surface area contributed by atoms with Gasteiger partial charge in [0, 0.05) is 18.4 Å². The number of morpholine rings is 1. The fraction of sp³-hybridized carbons (Fsp3) is 0.625. The molecule has 1 aliphatic rings. The first-order valence-corrected chi connectivity index (χ1v) is 5.06. The van der Waals surface area contributed by atoms with Crippen molar-refractivity contribution in [2.45, 2.75) is 0 Å². The van der Waals surface area contributed by atoms with Crippen LogP contribution in [0.3, 0.4) is 0 Å². The van der Waals surface area contributed by atoms with E-state index in [-0.39, 0.29) is 5.91 Å². The molecule has 0 saturated carbocycles. The van der Waals surface area contributed by atoms with Crippen molar-refractivity contribution in [1.29, 1.82) is 0 Å². The fourth-order valence-corrected chi connectivity index (χ4v) is 1.22. The number of alkyl halides is 1. The second-order valence-corrected chi connectivity index (χ2v) is 3.14. The van der Waals surface area contributed by atoms with Gasteiger partial charge in [-0.1, -0.05) is 22.0 Å². The fourth-order valence-electron chi connectivity index (χ4n) is 1.03. The summed E-state index contributed by atoms with van der Waals surface area (Å²) < 4.78 is 5.13. The lowest BCUT2D eigenvalue weighted by Gasteiger charge is -2.25. The Kier molecular flexibility index (Phi) is 4.32. The number of hydrogen-bond donors (Lipinski definition) is 0. The quantitative estimate of drug-likeness (QED) is 0.522. The Morgan fingerprint density at radius 1 is 1.50 bits per heavy atom. The van der Waals surface area contributed by atoms with Crippen molar-refractivity contribution in [2.75, 3.05) is 31.6 Å². The lowest BCUT2D eigenvalue weighted by Crippen LogP contribution is -2.39. The van der Waals surface area contributed by atoms with E-state index in [0.29, 0.717) is 26.3 Å². The predicted octanol–water partition coefficient (Wildman–Crippen LogP) is 0.796. The third-order valence-corrected chi connectivity index (χ3v) is 2.05. The van der Waals surface area contributed by atoms with Crippen molar-refractivity contribution in [3.05, 3.63) is 12.2 Å². The molecule has 0 aromatic heterocycles. The first-order chi connectivity index (χ1) is 5.84. The van der Waals surface area contributed by atoms with Crippen molar-refractivity contribution >= 4 is 21.8 Å². The molecule has 0 spiro atoms. The number of hydrogen-bond acceptors (Lipinski definition) is 2. The van der Waals surface area contributed by atoms with E-state index in [2.05, 4.69) is 15.9 Å². The molecule has 1 saturated heterocycles. The van der Waals surface area contributed by atoms with Gasteiger partial charge in [0.1, 0.15) is 0 Å². The number of ether oxygens (including phenoxy) is 1. The van der Waals surface area contributed by atoms with Crippen molar-refractivity contribution in [1.82, 2.24) is 4.90 Å². The maximum Gasteiger partial charge on any atom is 0.246 e. The normalized spacial score (nSPS) is 18.6. The maximum absolute atomic E-state index is 11.3. The van der Waals surface area contributed by atoms with Crippen LogP contribution in [-0.2, 0) is 9.53 Å². The molecule has 0 atom stereocenters. The van der Waals surface area contributed by atoms with Crippen LogP contribution in [0, 0.1) is 0 Å².